The summed E-state index contributed by atoms with van der Waals surface area (Å²) in [5, 5.41) is 16.0. The van der Waals surface area contributed by atoms with Crippen molar-refractivity contribution in [1.82, 2.24) is 14.8 Å². The van der Waals surface area contributed by atoms with E-state index in [1.165, 1.54) is 10.6 Å². The Labute approximate surface area is 127 Å². The van der Waals surface area contributed by atoms with Gasteiger partial charge in [0, 0.05) is 15.9 Å². The molecule has 0 aliphatic heterocycles. The van der Waals surface area contributed by atoms with Crippen molar-refractivity contribution in [2.75, 3.05) is 0 Å². The van der Waals surface area contributed by atoms with Gasteiger partial charge in [-0.15, -0.1) is 5.10 Å². The Hall–Kier alpha value is -1.54. The highest BCUT2D eigenvalue weighted by Crippen LogP contribution is 2.30. The summed E-state index contributed by atoms with van der Waals surface area (Å²) in [6, 6.07) is 4.97. The number of nitrogens with one attached hydrogen (secondary N) is 1. The van der Waals surface area contributed by atoms with Gasteiger partial charge < -0.3 is 5.11 Å². The zero-order valence-corrected chi connectivity index (χ0v) is 13.0. The molecule has 20 heavy (non-hydrogen) atoms. The number of carboxylic acids is 1. The first kappa shape index (κ1) is 14.9. The van der Waals surface area contributed by atoms with Crippen LogP contribution in [0.15, 0.2) is 37.5 Å². The van der Waals surface area contributed by atoms with Crippen LogP contribution in [0.25, 0.3) is 0 Å². The van der Waals surface area contributed by atoms with Crippen LogP contribution in [0.5, 0.6) is 0 Å². The van der Waals surface area contributed by atoms with Crippen LogP contribution in [0.3, 0.4) is 0 Å². The third-order valence-electron chi connectivity index (χ3n) is 2.54. The fraction of sp³-hybridized carbons (Fsp3) is 0.250. The molecule has 0 saturated carbocycles. The van der Waals surface area contributed by atoms with Gasteiger partial charge in [-0.2, -0.15) is 0 Å². The van der Waals surface area contributed by atoms with Gasteiger partial charge in [0.1, 0.15) is 0 Å². The minimum absolute atomic E-state index is 0.169. The van der Waals surface area contributed by atoms with Crippen LogP contribution in [0, 0.1) is 0 Å². The highest BCUT2D eigenvalue weighted by atomic mass is 79.9. The molecule has 0 bridgehead atoms. The van der Waals surface area contributed by atoms with Crippen molar-refractivity contribution >= 4 is 33.7 Å². The second-order valence-electron chi connectivity index (χ2n) is 4.01. The Morgan fingerprint density at radius 1 is 1.55 bits per heavy atom. The first-order valence-corrected chi connectivity index (χ1v) is 7.49. The van der Waals surface area contributed by atoms with Crippen molar-refractivity contribution in [2.45, 2.75) is 29.9 Å². The van der Waals surface area contributed by atoms with E-state index < -0.39 is 5.97 Å². The third-order valence-corrected chi connectivity index (χ3v) is 4.11. The fourth-order valence-electron chi connectivity index (χ4n) is 1.66. The van der Waals surface area contributed by atoms with Crippen LogP contribution in [0.4, 0.5) is 0 Å². The molecule has 2 rings (SSSR count). The molecule has 2 N–H and O–H groups in total. The van der Waals surface area contributed by atoms with E-state index in [9.17, 15) is 14.7 Å². The molecule has 0 radical (unpaired) electrons. The number of aromatic nitrogens is 3. The van der Waals surface area contributed by atoms with E-state index in [0.717, 1.165) is 18.2 Å². The van der Waals surface area contributed by atoms with Crippen LogP contribution >= 0.6 is 27.7 Å². The number of aromatic amines is 1. The minimum Gasteiger partial charge on any atom is -0.478 e. The Kier molecular flexibility index (Phi) is 4.66. The second kappa shape index (κ2) is 6.27. The monoisotopic (exact) mass is 357 g/mol. The summed E-state index contributed by atoms with van der Waals surface area (Å²) in [6.07, 6.45) is 0.791. The lowest BCUT2D eigenvalue weighted by atomic mass is 10.2. The standard InChI is InChI=1S/C12H12BrN3O3S/c1-2-5-16-11(19)14-15-12(16)20-9-4-3-7(13)6-8(9)10(17)18/h3-4,6H,2,5H2,1H3,(H,14,19)(H,17,18). The molecule has 6 nitrogen and oxygen atoms in total. The van der Waals surface area contributed by atoms with Crippen molar-refractivity contribution in [1.29, 1.82) is 0 Å². The van der Waals surface area contributed by atoms with Crippen LogP contribution in [-0.4, -0.2) is 25.8 Å². The Morgan fingerprint density at radius 3 is 2.95 bits per heavy atom. The fourth-order valence-corrected chi connectivity index (χ4v) is 2.98. The van der Waals surface area contributed by atoms with E-state index in [1.54, 1.807) is 12.1 Å². The predicted octanol–water partition coefficient (Wildman–Crippen LogP) is 2.59. The highest BCUT2D eigenvalue weighted by molar-refractivity contribution is 9.10. The van der Waals surface area contributed by atoms with Crippen LogP contribution in [0.2, 0.25) is 0 Å². The number of halogens is 1. The van der Waals surface area contributed by atoms with Gasteiger partial charge in [-0.3, -0.25) is 4.57 Å². The van der Waals surface area contributed by atoms with E-state index in [-0.39, 0.29) is 11.3 Å². The van der Waals surface area contributed by atoms with Crippen LogP contribution in [-0.2, 0) is 6.54 Å². The van der Waals surface area contributed by atoms with Gasteiger partial charge in [0.25, 0.3) is 0 Å². The average Bonchev–Trinajstić information content (AvgIpc) is 2.74. The number of H-pyrrole nitrogens is 1. The molecule has 0 saturated heterocycles. The maximum Gasteiger partial charge on any atom is 0.343 e. The zero-order valence-electron chi connectivity index (χ0n) is 10.6. The van der Waals surface area contributed by atoms with Gasteiger partial charge in [-0.05, 0) is 36.4 Å². The molecule has 0 unspecified atom stereocenters. The number of hydrogen-bond acceptors (Lipinski definition) is 4. The smallest absolute Gasteiger partial charge is 0.343 e. The topological polar surface area (TPSA) is 88.0 Å². The van der Waals surface area contributed by atoms with Crippen molar-refractivity contribution in [3.63, 3.8) is 0 Å². The Morgan fingerprint density at radius 2 is 2.30 bits per heavy atom. The number of carboxylic acid groups (broad SMARTS) is 1. The number of hydrogen-bond donors (Lipinski definition) is 2. The summed E-state index contributed by atoms with van der Waals surface area (Å²) in [7, 11) is 0. The zero-order chi connectivity index (χ0) is 14.7. The number of nitrogens with zero attached hydrogens (tertiary/aromatic N) is 2. The van der Waals surface area contributed by atoms with Crippen LogP contribution < -0.4 is 5.69 Å². The van der Waals surface area contributed by atoms with E-state index in [4.69, 9.17) is 0 Å². The molecule has 0 aliphatic rings. The average molecular weight is 358 g/mol. The molecule has 1 aromatic carbocycles. The predicted molar refractivity (Wildman–Crippen MR) is 78.4 cm³/mol. The summed E-state index contributed by atoms with van der Waals surface area (Å²) in [6.45, 7) is 2.49. The normalized spacial score (nSPS) is 10.7. The lowest BCUT2D eigenvalue weighted by Crippen LogP contribution is -2.17. The second-order valence-corrected chi connectivity index (χ2v) is 5.94. The molecule has 106 valence electrons. The largest absolute Gasteiger partial charge is 0.478 e. The molecular weight excluding hydrogens is 346 g/mol. The summed E-state index contributed by atoms with van der Waals surface area (Å²) in [5.41, 5.74) is -0.119. The lowest BCUT2D eigenvalue weighted by molar-refractivity contribution is 0.0693. The van der Waals surface area contributed by atoms with Crippen molar-refractivity contribution < 1.29 is 9.90 Å². The van der Waals surface area contributed by atoms with Gasteiger partial charge in [-0.1, -0.05) is 22.9 Å². The summed E-state index contributed by atoms with van der Waals surface area (Å²) in [4.78, 5) is 23.4. The molecule has 2 aromatic rings. The summed E-state index contributed by atoms with van der Waals surface area (Å²) >= 11 is 4.40. The SMILES string of the molecule is CCCn1c(Sc2ccc(Br)cc2C(=O)O)n[nH]c1=O. The summed E-state index contributed by atoms with van der Waals surface area (Å²) < 4.78 is 2.19. The summed E-state index contributed by atoms with van der Waals surface area (Å²) in [5.74, 6) is -1.02. The van der Waals surface area contributed by atoms with E-state index in [2.05, 4.69) is 26.1 Å². The molecule has 0 spiro atoms. The van der Waals surface area contributed by atoms with E-state index in [1.807, 2.05) is 6.92 Å². The first-order chi connectivity index (χ1) is 9.52. The molecule has 1 heterocycles. The van der Waals surface area contributed by atoms with Gasteiger partial charge >= 0.3 is 11.7 Å². The highest BCUT2D eigenvalue weighted by Gasteiger charge is 2.15. The molecule has 0 amide bonds. The third kappa shape index (κ3) is 3.13. The maximum absolute atomic E-state index is 11.6. The number of carbonyl (C=O) groups is 1. The first-order valence-electron chi connectivity index (χ1n) is 5.88. The van der Waals surface area contributed by atoms with Gasteiger partial charge in [0.15, 0.2) is 5.16 Å². The Balaban J connectivity index is 2.40. The minimum atomic E-state index is -1.02. The molecule has 0 aliphatic carbocycles. The molecular formula is C12H12BrN3O3S. The van der Waals surface area contributed by atoms with Gasteiger partial charge in [0.05, 0.1) is 5.56 Å². The Bertz CT molecular complexity index is 695. The lowest BCUT2D eigenvalue weighted by Gasteiger charge is -2.07. The molecule has 0 atom stereocenters. The van der Waals surface area contributed by atoms with Crippen molar-refractivity contribution in [2.24, 2.45) is 0 Å². The van der Waals surface area contributed by atoms with E-state index >= 15 is 0 Å². The molecule has 1 aromatic heterocycles. The number of benzene rings is 1. The quantitative estimate of drug-likeness (QED) is 0.858. The van der Waals surface area contributed by atoms with Gasteiger partial charge in [-0.25, -0.2) is 14.7 Å². The van der Waals surface area contributed by atoms with Gasteiger partial charge in [0.2, 0.25) is 0 Å². The maximum atomic E-state index is 11.6. The number of rotatable bonds is 5. The molecule has 8 heteroatoms. The molecule has 0 fully saturated rings. The number of aromatic carboxylic acids is 1. The van der Waals surface area contributed by atoms with Crippen LogP contribution in [0.1, 0.15) is 23.7 Å². The van der Waals surface area contributed by atoms with Crippen molar-refractivity contribution in [3.8, 4) is 0 Å². The van der Waals surface area contributed by atoms with Crippen molar-refractivity contribution in [3.05, 3.63) is 38.7 Å². The van der Waals surface area contributed by atoms with E-state index in [0.29, 0.717) is 21.1 Å².